The fourth-order valence-electron chi connectivity index (χ4n) is 1.36. The van der Waals surface area contributed by atoms with Crippen LogP contribution in [0.5, 0.6) is 0 Å². The van der Waals surface area contributed by atoms with E-state index in [-0.39, 0.29) is 12.3 Å². The molecular weight excluding hydrogens is 286 g/mol. The van der Waals surface area contributed by atoms with Gasteiger partial charge in [0.05, 0.1) is 5.75 Å². The molecule has 0 radical (unpaired) electrons. The number of carbonyl (C=O) groups excluding carboxylic acids is 1. The van der Waals surface area contributed by atoms with E-state index in [0.717, 1.165) is 4.90 Å². The van der Waals surface area contributed by atoms with Crippen molar-refractivity contribution in [1.29, 1.82) is 0 Å². The van der Waals surface area contributed by atoms with Gasteiger partial charge < -0.3 is 10.4 Å². The lowest BCUT2D eigenvalue weighted by Crippen LogP contribution is -2.26. The van der Waals surface area contributed by atoms with Crippen LogP contribution in [0.15, 0.2) is 29.2 Å². The van der Waals surface area contributed by atoms with E-state index in [9.17, 15) is 9.59 Å². The molecule has 0 aliphatic rings. The highest BCUT2D eigenvalue weighted by Crippen LogP contribution is 2.19. The number of benzene rings is 1. The SMILES string of the molecule is O=C(O)CCCCNC(=O)CSc1ccc(Cl)cc1. The third-order valence-electron chi connectivity index (χ3n) is 2.32. The van der Waals surface area contributed by atoms with E-state index in [4.69, 9.17) is 16.7 Å². The molecule has 6 heteroatoms. The fourth-order valence-corrected chi connectivity index (χ4v) is 2.21. The Labute approximate surface area is 121 Å². The number of halogens is 1. The van der Waals surface area contributed by atoms with E-state index < -0.39 is 5.97 Å². The van der Waals surface area contributed by atoms with Gasteiger partial charge in [-0.2, -0.15) is 0 Å². The molecule has 1 aromatic rings. The van der Waals surface area contributed by atoms with Crippen molar-refractivity contribution in [1.82, 2.24) is 5.32 Å². The summed E-state index contributed by atoms with van der Waals surface area (Å²) in [5.41, 5.74) is 0. The summed E-state index contributed by atoms with van der Waals surface area (Å²) in [5, 5.41) is 11.9. The number of carboxylic acid groups (broad SMARTS) is 1. The molecule has 1 aromatic carbocycles. The van der Waals surface area contributed by atoms with Gasteiger partial charge in [0.1, 0.15) is 0 Å². The summed E-state index contributed by atoms with van der Waals surface area (Å²) >= 11 is 7.21. The maximum atomic E-state index is 11.5. The molecule has 0 spiro atoms. The molecule has 19 heavy (non-hydrogen) atoms. The Bertz CT molecular complexity index is 422. The van der Waals surface area contributed by atoms with Gasteiger partial charge in [-0.3, -0.25) is 9.59 Å². The molecule has 2 N–H and O–H groups in total. The second-order valence-corrected chi connectivity index (χ2v) is 5.43. The smallest absolute Gasteiger partial charge is 0.303 e. The number of carbonyl (C=O) groups is 2. The van der Waals surface area contributed by atoms with Crippen molar-refractivity contribution in [3.63, 3.8) is 0 Å². The highest BCUT2D eigenvalue weighted by Gasteiger charge is 2.03. The molecule has 0 aromatic heterocycles. The summed E-state index contributed by atoms with van der Waals surface area (Å²) in [6.07, 6.45) is 1.42. The molecule has 0 fully saturated rings. The normalized spacial score (nSPS) is 10.2. The summed E-state index contributed by atoms with van der Waals surface area (Å²) < 4.78 is 0. The second-order valence-electron chi connectivity index (χ2n) is 3.94. The van der Waals surface area contributed by atoms with Crippen LogP contribution in [-0.2, 0) is 9.59 Å². The van der Waals surface area contributed by atoms with Gasteiger partial charge in [0.25, 0.3) is 0 Å². The summed E-state index contributed by atoms with van der Waals surface area (Å²) in [7, 11) is 0. The highest BCUT2D eigenvalue weighted by atomic mass is 35.5. The molecule has 1 amide bonds. The van der Waals surface area contributed by atoms with Gasteiger partial charge >= 0.3 is 5.97 Å². The van der Waals surface area contributed by atoms with E-state index in [2.05, 4.69) is 5.32 Å². The molecule has 1 rings (SSSR count). The van der Waals surface area contributed by atoms with Crippen molar-refractivity contribution in [3.8, 4) is 0 Å². The first kappa shape index (κ1) is 15.9. The van der Waals surface area contributed by atoms with Crippen LogP contribution in [0.4, 0.5) is 0 Å². The van der Waals surface area contributed by atoms with Crippen LogP contribution in [0, 0.1) is 0 Å². The summed E-state index contributed by atoms with van der Waals surface area (Å²) in [5.74, 6) is -0.500. The van der Waals surface area contributed by atoms with Gasteiger partial charge in [-0.05, 0) is 37.1 Å². The standard InChI is InChI=1S/C13H16ClNO3S/c14-10-4-6-11(7-5-10)19-9-12(16)15-8-2-1-3-13(17)18/h4-7H,1-3,8-9H2,(H,15,16)(H,17,18). The van der Waals surface area contributed by atoms with Crippen molar-refractivity contribution in [2.45, 2.75) is 24.2 Å². The van der Waals surface area contributed by atoms with Gasteiger partial charge in [-0.15, -0.1) is 11.8 Å². The lowest BCUT2D eigenvalue weighted by molar-refractivity contribution is -0.137. The number of aliphatic carboxylic acids is 1. The van der Waals surface area contributed by atoms with Gasteiger partial charge in [-0.1, -0.05) is 11.6 Å². The fraction of sp³-hybridized carbons (Fsp3) is 0.385. The Hall–Kier alpha value is -1.20. The van der Waals surface area contributed by atoms with Crippen LogP contribution < -0.4 is 5.32 Å². The Morgan fingerprint density at radius 2 is 1.89 bits per heavy atom. The van der Waals surface area contributed by atoms with E-state index in [1.165, 1.54) is 11.8 Å². The third-order valence-corrected chi connectivity index (χ3v) is 3.59. The Morgan fingerprint density at radius 3 is 2.53 bits per heavy atom. The number of carboxylic acids is 1. The molecule has 0 aliphatic heterocycles. The zero-order valence-corrected chi connectivity index (χ0v) is 12.0. The van der Waals surface area contributed by atoms with E-state index in [1.807, 2.05) is 12.1 Å². The van der Waals surface area contributed by atoms with Crippen LogP contribution in [0.25, 0.3) is 0 Å². The zero-order chi connectivity index (χ0) is 14.1. The number of nitrogens with one attached hydrogen (secondary N) is 1. The third kappa shape index (κ3) is 7.74. The molecule has 0 saturated carbocycles. The maximum Gasteiger partial charge on any atom is 0.303 e. The molecule has 0 unspecified atom stereocenters. The van der Waals surface area contributed by atoms with Crippen LogP contribution in [0.3, 0.4) is 0 Å². The van der Waals surface area contributed by atoms with Gasteiger partial charge in [0.2, 0.25) is 5.91 Å². The highest BCUT2D eigenvalue weighted by molar-refractivity contribution is 8.00. The lowest BCUT2D eigenvalue weighted by atomic mass is 10.2. The number of rotatable bonds is 8. The Morgan fingerprint density at radius 1 is 1.21 bits per heavy atom. The van der Waals surface area contributed by atoms with Gasteiger partial charge in [0, 0.05) is 22.9 Å². The number of unbranched alkanes of at least 4 members (excludes halogenated alkanes) is 1. The molecule has 0 heterocycles. The zero-order valence-electron chi connectivity index (χ0n) is 10.4. The summed E-state index contributed by atoms with van der Waals surface area (Å²) in [6, 6.07) is 7.31. The molecule has 0 saturated heterocycles. The quantitative estimate of drug-likeness (QED) is 0.572. The molecule has 104 valence electrons. The van der Waals surface area contributed by atoms with Crippen molar-refractivity contribution in [2.24, 2.45) is 0 Å². The Kier molecular flexibility index (Phi) is 7.36. The largest absolute Gasteiger partial charge is 0.481 e. The predicted octanol–water partition coefficient (Wildman–Crippen LogP) is 2.80. The van der Waals surface area contributed by atoms with Crippen LogP contribution in [0.1, 0.15) is 19.3 Å². The minimum absolute atomic E-state index is 0.0460. The second kappa shape index (κ2) is 8.82. The number of thioether (sulfide) groups is 1. The number of amides is 1. The predicted molar refractivity (Wildman–Crippen MR) is 76.7 cm³/mol. The molecule has 4 nitrogen and oxygen atoms in total. The van der Waals surface area contributed by atoms with Crippen molar-refractivity contribution < 1.29 is 14.7 Å². The molecular formula is C13H16ClNO3S. The topological polar surface area (TPSA) is 66.4 Å². The lowest BCUT2D eigenvalue weighted by Gasteiger charge is -2.04. The minimum Gasteiger partial charge on any atom is -0.481 e. The summed E-state index contributed by atoms with van der Waals surface area (Å²) in [6.45, 7) is 0.521. The first-order valence-corrected chi connectivity index (χ1v) is 7.31. The maximum absolute atomic E-state index is 11.5. The van der Waals surface area contributed by atoms with E-state index in [1.54, 1.807) is 12.1 Å². The molecule has 0 atom stereocenters. The molecule has 0 aliphatic carbocycles. The first-order valence-electron chi connectivity index (χ1n) is 5.95. The number of hydrogen-bond acceptors (Lipinski definition) is 3. The van der Waals surface area contributed by atoms with Crippen LogP contribution in [0.2, 0.25) is 5.02 Å². The van der Waals surface area contributed by atoms with Crippen LogP contribution in [-0.4, -0.2) is 29.3 Å². The average molecular weight is 302 g/mol. The monoisotopic (exact) mass is 301 g/mol. The van der Waals surface area contributed by atoms with Gasteiger partial charge in [-0.25, -0.2) is 0 Å². The average Bonchev–Trinajstić information content (AvgIpc) is 2.37. The summed E-state index contributed by atoms with van der Waals surface area (Å²) in [4.78, 5) is 22.8. The first-order chi connectivity index (χ1) is 9.08. The minimum atomic E-state index is -0.801. The van der Waals surface area contributed by atoms with Gasteiger partial charge in [0.15, 0.2) is 0 Å². The van der Waals surface area contributed by atoms with Crippen molar-refractivity contribution >= 4 is 35.2 Å². The van der Waals surface area contributed by atoms with Crippen molar-refractivity contribution in [3.05, 3.63) is 29.3 Å². The number of hydrogen-bond donors (Lipinski definition) is 2. The van der Waals surface area contributed by atoms with E-state index >= 15 is 0 Å². The van der Waals surface area contributed by atoms with E-state index in [0.29, 0.717) is 30.2 Å². The van der Waals surface area contributed by atoms with Crippen LogP contribution >= 0.6 is 23.4 Å². The Balaban J connectivity index is 2.11. The van der Waals surface area contributed by atoms with Crippen molar-refractivity contribution in [2.75, 3.05) is 12.3 Å². The molecule has 0 bridgehead atoms.